The molecule has 0 spiro atoms. The molecule has 5 aromatic rings. The fourth-order valence-electron chi connectivity index (χ4n) is 4.12. The molecular weight excluding hydrogens is 472 g/mol. The van der Waals surface area contributed by atoms with Gasteiger partial charge in [-0.25, -0.2) is 0 Å². The van der Waals surface area contributed by atoms with Crippen LogP contribution >= 0.6 is 11.3 Å². The maximum absolute atomic E-state index is 4.52. The summed E-state index contributed by atoms with van der Waals surface area (Å²) in [7, 11) is 0. The van der Waals surface area contributed by atoms with Crippen LogP contribution < -0.4 is 9.55 Å². The molecule has 0 aliphatic rings. The van der Waals surface area contributed by atoms with Gasteiger partial charge in [0.1, 0.15) is 5.69 Å². The van der Waals surface area contributed by atoms with E-state index in [2.05, 4.69) is 111 Å². The molecule has 0 fully saturated rings. The average molecular weight is 503 g/mol. The number of hydrogen-bond acceptors (Lipinski definition) is 1. The van der Waals surface area contributed by atoms with E-state index in [9.17, 15) is 0 Å². The Bertz CT molecular complexity index is 1280. The van der Waals surface area contributed by atoms with E-state index in [1.807, 2.05) is 12.1 Å². The summed E-state index contributed by atoms with van der Waals surface area (Å²) in [5.41, 5.74) is 11.1. The Morgan fingerprint density at radius 1 is 0.727 bits per heavy atom. The molecule has 0 bridgehead atoms. The van der Waals surface area contributed by atoms with E-state index in [0.29, 0.717) is 11.8 Å². The molecule has 1 radical (unpaired) electrons. The fraction of sp³-hybridized carbons (Fsp3) is 0.276. The Labute approximate surface area is 212 Å². The van der Waals surface area contributed by atoms with Crippen LogP contribution in [0.25, 0.3) is 27.5 Å². The Morgan fingerprint density at radius 3 is 1.64 bits per heavy atom. The Balaban J connectivity index is 0.000000191. The summed E-state index contributed by atoms with van der Waals surface area (Å²) < 4.78 is 2.25. The largest absolute Gasteiger partial charge is 2.00 e. The van der Waals surface area contributed by atoms with Crippen LogP contribution in [0, 0.1) is 19.4 Å². The Morgan fingerprint density at radius 2 is 1.21 bits per heavy atom. The number of benzene rings is 3. The van der Waals surface area contributed by atoms with E-state index in [1.54, 1.807) is 11.3 Å². The molecule has 0 N–H and O–H groups in total. The number of rotatable bonds is 3. The van der Waals surface area contributed by atoms with Crippen molar-refractivity contribution in [3.63, 3.8) is 0 Å². The van der Waals surface area contributed by atoms with Gasteiger partial charge in [0, 0.05) is 0 Å². The summed E-state index contributed by atoms with van der Waals surface area (Å²) >= 11 is 1.70. The molecule has 3 aromatic carbocycles. The van der Waals surface area contributed by atoms with Crippen LogP contribution in [0.4, 0.5) is 0 Å². The first-order valence-corrected chi connectivity index (χ1v) is 12.1. The Kier molecular flexibility index (Phi) is 8.18. The predicted octanol–water partition coefficient (Wildman–Crippen LogP) is 7.64. The minimum atomic E-state index is 0. The first-order valence-electron chi connectivity index (χ1n) is 11.3. The van der Waals surface area contributed by atoms with Gasteiger partial charge in [-0.3, -0.25) is 4.57 Å². The zero-order chi connectivity index (χ0) is 22.8. The maximum atomic E-state index is 4.52. The molecule has 2 heterocycles. The number of nitrogens with zero attached hydrogens (tertiary/aromatic N) is 2. The topological polar surface area (TPSA) is 18.0 Å². The van der Waals surface area contributed by atoms with E-state index < -0.39 is 0 Å². The van der Waals surface area contributed by atoms with Gasteiger partial charge in [0.15, 0.2) is 0 Å². The van der Waals surface area contributed by atoms with Crippen molar-refractivity contribution in [3.8, 4) is 5.69 Å². The molecule has 0 saturated carbocycles. The summed E-state index contributed by atoms with van der Waals surface area (Å²) in [5.74, 6) is 1.04. The third-order valence-corrected chi connectivity index (χ3v) is 6.92. The molecule has 0 aliphatic carbocycles. The number of fused-ring (bicyclic) bond motifs is 3. The maximum Gasteiger partial charge on any atom is 2.00 e. The molecule has 0 amide bonds. The monoisotopic (exact) mass is 502 g/mol. The molecule has 0 atom stereocenters. The van der Waals surface area contributed by atoms with Gasteiger partial charge in [-0.15, -0.1) is 11.0 Å². The van der Waals surface area contributed by atoms with Crippen LogP contribution in [-0.4, -0.2) is 0 Å². The zero-order valence-corrected chi connectivity index (χ0v) is 21.9. The fourth-order valence-corrected chi connectivity index (χ4v) is 4.82. The van der Waals surface area contributed by atoms with Gasteiger partial charge >= 0.3 is 17.1 Å². The Hall–Kier alpha value is -2.39. The quantitative estimate of drug-likeness (QED) is 0.141. The van der Waals surface area contributed by atoms with Crippen molar-refractivity contribution in [1.82, 2.24) is 4.98 Å². The van der Waals surface area contributed by atoms with Gasteiger partial charge < -0.3 is 4.98 Å². The van der Waals surface area contributed by atoms with Crippen molar-refractivity contribution in [3.05, 3.63) is 93.9 Å². The molecule has 2 nitrogen and oxygen atoms in total. The van der Waals surface area contributed by atoms with E-state index in [4.69, 9.17) is 0 Å². The van der Waals surface area contributed by atoms with Gasteiger partial charge in [0.2, 0.25) is 5.51 Å². The minimum Gasteiger partial charge on any atom is -0.657 e. The second kappa shape index (κ2) is 10.7. The average Bonchev–Trinajstić information content (AvgIpc) is 3.33. The summed E-state index contributed by atoms with van der Waals surface area (Å²) in [4.78, 5) is 5.86. The van der Waals surface area contributed by atoms with Crippen molar-refractivity contribution in [2.24, 2.45) is 0 Å². The summed E-state index contributed by atoms with van der Waals surface area (Å²) in [5, 5.41) is 2.50. The van der Waals surface area contributed by atoms with Gasteiger partial charge in [-0.1, -0.05) is 101 Å². The first kappa shape index (κ1) is 25.2. The van der Waals surface area contributed by atoms with Crippen LogP contribution in [0.5, 0.6) is 0 Å². The smallest absolute Gasteiger partial charge is 0.657 e. The van der Waals surface area contributed by atoms with E-state index in [0.717, 1.165) is 11.0 Å². The first-order chi connectivity index (χ1) is 15.4. The van der Waals surface area contributed by atoms with Gasteiger partial charge in [-0.2, -0.15) is 11.3 Å². The molecule has 173 valence electrons. The summed E-state index contributed by atoms with van der Waals surface area (Å²) in [6.07, 6.45) is 0. The minimum absolute atomic E-state index is 0. The molecule has 2 aromatic heterocycles. The summed E-state index contributed by atoms with van der Waals surface area (Å²) in [6, 6.07) is 23.2. The van der Waals surface area contributed by atoms with Crippen LogP contribution in [0.1, 0.15) is 61.2 Å². The SMILES string of the molecule is Cc1s[c-][n+](-c2c(C(C)C)cccc2C(C)C)c1C.[Cu+2].c1ccc2c(c1)[n-]c1ccccc12. The van der Waals surface area contributed by atoms with Crippen LogP contribution in [0.3, 0.4) is 0 Å². The van der Waals surface area contributed by atoms with Gasteiger partial charge in [0.05, 0.1) is 5.69 Å². The molecule has 0 aliphatic heterocycles. The van der Waals surface area contributed by atoms with E-state index in [-0.39, 0.29) is 17.1 Å². The third-order valence-electron chi connectivity index (χ3n) is 6.04. The van der Waals surface area contributed by atoms with Crippen molar-refractivity contribution in [2.45, 2.75) is 53.4 Å². The zero-order valence-electron chi connectivity index (χ0n) is 20.1. The van der Waals surface area contributed by atoms with Gasteiger partial charge in [-0.05, 0) is 45.5 Å². The predicted molar refractivity (Wildman–Crippen MR) is 137 cm³/mol. The number of aryl methyl sites for hydroxylation is 1. The number of thiazole rings is 1. The normalized spacial score (nSPS) is 11.0. The van der Waals surface area contributed by atoms with Crippen molar-refractivity contribution >= 4 is 33.1 Å². The molecule has 5 rings (SSSR count). The van der Waals surface area contributed by atoms with Crippen LogP contribution in [0.15, 0.2) is 66.7 Å². The second-order valence-electron chi connectivity index (χ2n) is 8.91. The van der Waals surface area contributed by atoms with Crippen LogP contribution in [-0.2, 0) is 17.1 Å². The van der Waals surface area contributed by atoms with E-state index >= 15 is 0 Å². The standard InChI is InChI=1S/C17H23NS.C12H8N.Cu/c1-11(2)15-8-7-9-16(12(3)4)17(15)18-10-19-14(6)13(18)5;1-3-7-11-9(5-1)10-6-2-4-8-12(10)13-11;/h7-9,11-12H,1-6H3;1-8H;/q;-1;+2. The van der Waals surface area contributed by atoms with Gasteiger partial charge in [0.25, 0.3) is 0 Å². The van der Waals surface area contributed by atoms with Crippen LogP contribution in [0.2, 0.25) is 0 Å². The molecule has 4 heteroatoms. The number of aromatic nitrogens is 2. The summed E-state index contributed by atoms with van der Waals surface area (Å²) in [6.45, 7) is 13.4. The molecular formula is C29H31CuN2S+. The molecule has 33 heavy (non-hydrogen) atoms. The van der Waals surface area contributed by atoms with E-state index in [1.165, 1.54) is 38.2 Å². The third kappa shape index (κ3) is 5.09. The number of para-hydroxylation sites is 3. The number of hydrogen-bond donors (Lipinski definition) is 0. The molecule has 0 saturated heterocycles. The van der Waals surface area contributed by atoms with Crippen molar-refractivity contribution < 1.29 is 21.6 Å². The van der Waals surface area contributed by atoms with Crippen molar-refractivity contribution in [1.29, 1.82) is 0 Å². The molecule has 0 unspecified atom stereocenters. The van der Waals surface area contributed by atoms with Crippen molar-refractivity contribution in [2.75, 3.05) is 0 Å². The second-order valence-corrected chi connectivity index (χ2v) is 9.91.